The summed E-state index contributed by atoms with van der Waals surface area (Å²) < 4.78 is 5.30. The van der Waals surface area contributed by atoms with Gasteiger partial charge in [0.2, 0.25) is 0 Å². The minimum Gasteiger partial charge on any atom is -0.481 e. The Balaban J connectivity index is 1.85. The maximum absolute atomic E-state index is 12.0. The summed E-state index contributed by atoms with van der Waals surface area (Å²) in [5.74, 6) is -0.834. The van der Waals surface area contributed by atoms with Crippen molar-refractivity contribution in [1.29, 1.82) is 0 Å². The molecule has 0 spiro atoms. The highest BCUT2D eigenvalue weighted by Gasteiger charge is 2.42. The Hall–Kier alpha value is -1.30. The number of carbonyl (C=O) groups is 2. The van der Waals surface area contributed by atoms with Gasteiger partial charge in [0.05, 0.1) is 18.1 Å². The third-order valence-electron chi connectivity index (χ3n) is 3.76. The maximum atomic E-state index is 12.0. The van der Waals surface area contributed by atoms with Crippen molar-refractivity contribution in [2.24, 2.45) is 5.41 Å². The molecule has 0 aromatic heterocycles. The minimum atomic E-state index is -0.834. The molecule has 2 atom stereocenters. The molecule has 0 aromatic rings. The monoisotopic (exact) mass is 256 g/mol. The molecule has 0 saturated carbocycles. The Labute approximate surface area is 106 Å². The lowest BCUT2D eigenvalue weighted by Gasteiger charge is -2.26. The van der Waals surface area contributed by atoms with Crippen LogP contribution in [0.1, 0.15) is 26.2 Å². The summed E-state index contributed by atoms with van der Waals surface area (Å²) in [6.07, 6.45) is 2.39. The summed E-state index contributed by atoms with van der Waals surface area (Å²) in [6.45, 7) is 3.78. The van der Waals surface area contributed by atoms with Gasteiger partial charge in [0.25, 0.3) is 0 Å². The zero-order valence-corrected chi connectivity index (χ0v) is 10.6. The highest BCUT2D eigenvalue weighted by Crippen LogP contribution is 2.30. The highest BCUT2D eigenvalue weighted by atomic mass is 16.5. The van der Waals surface area contributed by atoms with E-state index in [4.69, 9.17) is 9.84 Å². The van der Waals surface area contributed by atoms with Gasteiger partial charge in [-0.3, -0.25) is 4.79 Å². The SMILES string of the molecule is CC1(C(=O)O)CCN(C(=O)N[C@@H]2CCCOC2)C1. The van der Waals surface area contributed by atoms with Crippen LogP contribution < -0.4 is 5.32 Å². The number of urea groups is 1. The third-order valence-corrected chi connectivity index (χ3v) is 3.76. The number of hydrogen-bond donors (Lipinski definition) is 2. The molecule has 6 nitrogen and oxygen atoms in total. The first-order valence-corrected chi connectivity index (χ1v) is 6.38. The second-order valence-electron chi connectivity index (χ2n) is 5.40. The molecular formula is C12H20N2O4. The lowest BCUT2D eigenvalue weighted by atomic mass is 9.90. The number of rotatable bonds is 2. The van der Waals surface area contributed by atoms with Crippen LogP contribution in [0, 0.1) is 5.41 Å². The van der Waals surface area contributed by atoms with Crippen molar-refractivity contribution in [3.63, 3.8) is 0 Å². The van der Waals surface area contributed by atoms with Gasteiger partial charge in [0.15, 0.2) is 0 Å². The zero-order chi connectivity index (χ0) is 13.2. The molecule has 2 N–H and O–H groups in total. The molecule has 2 rings (SSSR count). The molecule has 0 aliphatic carbocycles. The number of carboxylic acid groups (broad SMARTS) is 1. The Morgan fingerprint density at radius 1 is 1.50 bits per heavy atom. The number of aliphatic carboxylic acids is 1. The molecule has 2 saturated heterocycles. The van der Waals surface area contributed by atoms with Crippen LogP contribution in [0.2, 0.25) is 0 Å². The normalized spacial score (nSPS) is 32.3. The van der Waals surface area contributed by atoms with E-state index >= 15 is 0 Å². The summed E-state index contributed by atoms with van der Waals surface area (Å²) in [7, 11) is 0. The fraction of sp³-hybridized carbons (Fsp3) is 0.833. The van der Waals surface area contributed by atoms with Crippen LogP contribution >= 0.6 is 0 Å². The molecule has 0 bridgehead atoms. The number of carbonyl (C=O) groups excluding carboxylic acids is 1. The van der Waals surface area contributed by atoms with Gasteiger partial charge in [-0.1, -0.05) is 0 Å². The Morgan fingerprint density at radius 3 is 2.83 bits per heavy atom. The van der Waals surface area contributed by atoms with Crippen molar-refractivity contribution >= 4 is 12.0 Å². The smallest absolute Gasteiger partial charge is 0.317 e. The van der Waals surface area contributed by atoms with Gasteiger partial charge in [-0.05, 0) is 26.2 Å². The van der Waals surface area contributed by atoms with Crippen LogP contribution in [0.25, 0.3) is 0 Å². The molecule has 2 aliphatic heterocycles. The number of carboxylic acids is 1. The molecule has 6 heteroatoms. The number of nitrogens with one attached hydrogen (secondary N) is 1. The lowest BCUT2D eigenvalue weighted by molar-refractivity contribution is -0.147. The van der Waals surface area contributed by atoms with E-state index in [9.17, 15) is 9.59 Å². The van der Waals surface area contributed by atoms with Crippen LogP contribution in [0.15, 0.2) is 0 Å². The number of ether oxygens (including phenoxy) is 1. The first-order chi connectivity index (χ1) is 8.51. The molecular weight excluding hydrogens is 236 g/mol. The summed E-state index contributed by atoms with van der Waals surface area (Å²) >= 11 is 0. The van der Waals surface area contributed by atoms with Crippen molar-refractivity contribution < 1.29 is 19.4 Å². The Morgan fingerprint density at radius 2 is 2.28 bits per heavy atom. The van der Waals surface area contributed by atoms with Gasteiger partial charge in [-0.15, -0.1) is 0 Å². The van der Waals surface area contributed by atoms with Gasteiger partial charge >= 0.3 is 12.0 Å². The lowest BCUT2D eigenvalue weighted by Crippen LogP contribution is -2.47. The molecule has 2 aliphatic rings. The van der Waals surface area contributed by atoms with E-state index in [1.54, 1.807) is 11.8 Å². The van der Waals surface area contributed by atoms with Crippen LogP contribution in [-0.2, 0) is 9.53 Å². The van der Waals surface area contributed by atoms with Crippen molar-refractivity contribution in [2.45, 2.75) is 32.2 Å². The third kappa shape index (κ3) is 2.75. The Bertz CT molecular complexity index is 341. The topological polar surface area (TPSA) is 78.9 Å². The number of hydrogen-bond acceptors (Lipinski definition) is 3. The molecule has 18 heavy (non-hydrogen) atoms. The highest BCUT2D eigenvalue weighted by molar-refractivity contribution is 5.79. The summed E-state index contributed by atoms with van der Waals surface area (Å²) in [6, 6.07) is -0.113. The zero-order valence-electron chi connectivity index (χ0n) is 10.6. The predicted molar refractivity (Wildman–Crippen MR) is 64.3 cm³/mol. The molecule has 2 fully saturated rings. The van der Waals surface area contributed by atoms with Crippen molar-refractivity contribution in [1.82, 2.24) is 10.2 Å². The molecule has 0 aromatic carbocycles. The van der Waals surface area contributed by atoms with E-state index in [1.165, 1.54) is 0 Å². The standard InChI is InChI=1S/C12H20N2O4/c1-12(10(15)16)4-5-14(8-12)11(17)13-9-3-2-6-18-7-9/h9H,2-8H2,1H3,(H,13,17)(H,15,16)/t9-,12?/m1/s1. The quantitative estimate of drug-likeness (QED) is 0.761. The van der Waals surface area contributed by atoms with Crippen LogP contribution in [0.3, 0.4) is 0 Å². The van der Waals surface area contributed by atoms with Gasteiger partial charge < -0.3 is 20.1 Å². The predicted octanol–water partition coefficient (Wildman–Crippen LogP) is 0.672. The fourth-order valence-electron chi connectivity index (χ4n) is 2.43. The van der Waals surface area contributed by atoms with Gasteiger partial charge in [0.1, 0.15) is 0 Å². The van der Waals surface area contributed by atoms with Crippen molar-refractivity contribution in [3.05, 3.63) is 0 Å². The first kappa shape index (κ1) is 13.1. The van der Waals surface area contributed by atoms with Gasteiger partial charge in [-0.2, -0.15) is 0 Å². The largest absolute Gasteiger partial charge is 0.481 e. The minimum absolute atomic E-state index is 0.0583. The van der Waals surface area contributed by atoms with Crippen LogP contribution in [0.4, 0.5) is 4.79 Å². The van der Waals surface area contributed by atoms with Crippen LogP contribution in [0.5, 0.6) is 0 Å². The summed E-state index contributed by atoms with van der Waals surface area (Å²) in [5, 5.41) is 12.0. The van der Waals surface area contributed by atoms with Crippen molar-refractivity contribution in [3.8, 4) is 0 Å². The number of likely N-dealkylation sites (tertiary alicyclic amines) is 1. The second kappa shape index (κ2) is 5.14. The van der Waals surface area contributed by atoms with E-state index < -0.39 is 11.4 Å². The fourth-order valence-corrected chi connectivity index (χ4v) is 2.43. The van der Waals surface area contributed by atoms with E-state index in [2.05, 4.69) is 5.32 Å². The second-order valence-corrected chi connectivity index (χ2v) is 5.40. The first-order valence-electron chi connectivity index (χ1n) is 6.38. The van der Waals surface area contributed by atoms with E-state index in [-0.39, 0.29) is 18.6 Å². The molecule has 2 heterocycles. The van der Waals surface area contributed by atoms with Gasteiger partial charge in [0, 0.05) is 19.7 Å². The van der Waals surface area contributed by atoms with Crippen LogP contribution in [-0.4, -0.2) is 54.4 Å². The van der Waals surface area contributed by atoms with E-state index in [0.29, 0.717) is 19.6 Å². The van der Waals surface area contributed by atoms with E-state index in [1.807, 2.05) is 0 Å². The van der Waals surface area contributed by atoms with Crippen molar-refractivity contribution in [2.75, 3.05) is 26.3 Å². The van der Waals surface area contributed by atoms with E-state index in [0.717, 1.165) is 19.4 Å². The van der Waals surface area contributed by atoms with Gasteiger partial charge in [-0.25, -0.2) is 4.79 Å². The molecule has 102 valence electrons. The molecule has 2 amide bonds. The number of amides is 2. The number of nitrogens with zero attached hydrogens (tertiary/aromatic N) is 1. The summed E-state index contributed by atoms with van der Waals surface area (Å²) in [4.78, 5) is 24.7. The summed E-state index contributed by atoms with van der Waals surface area (Å²) in [5.41, 5.74) is -0.805. The molecule has 0 radical (unpaired) electrons. The average molecular weight is 256 g/mol. The average Bonchev–Trinajstić information content (AvgIpc) is 2.75. The maximum Gasteiger partial charge on any atom is 0.317 e. The molecule has 1 unspecified atom stereocenters. The Kier molecular flexibility index (Phi) is 3.75.